The number of hydrogen-bond donors (Lipinski definition) is 0. The zero-order valence-electron chi connectivity index (χ0n) is 24.8. The number of carbonyl (C=O) groups excluding carboxylic acids is 3. The lowest BCUT2D eigenvalue weighted by atomic mass is 9.63. The van der Waals surface area contributed by atoms with Gasteiger partial charge in [-0.15, -0.1) is 0 Å². The number of allylic oxidation sites excluding steroid dienone is 1. The van der Waals surface area contributed by atoms with E-state index in [0.717, 1.165) is 21.0 Å². The van der Waals surface area contributed by atoms with E-state index in [4.69, 9.17) is 23.5 Å². The molecule has 45 heavy (non-hydrogen) atoms. The van der Waals surface area contributed by atoms with Crippen molar-refractivity contribution in [1.29, 1.82) is 0 Å². The monoisotopic (exact) mass is 669 g/mol. The molecule has 2 heterocycles. The van der Waals surface area contributed by atoms with E-state index in [1.807, 2.05) is 54.6 Å². The van der Waals surface area contributed by atoms with Gasteiger partial charge in [0.15, 0.2) is 23.1 Å². The summed E-state index contributed by atoms with van der Waals surface area (Å²) >= 11 is 3.50. The van der Waals surface area contributed by atoms with Gasteiger partial charge in [0.2, 0.25) is 11.4 Å². The number of carbonyl (C=O) groups is 3. The third-order valence-electron chi connectivity index (χ3n) is 8.95. The number of benzene rings is 3. The van der Waals surface area contributed by atoms with Gasteiger partial charge in [-0.2, -0.15) is 0 Å². The Morgan fingerprint density at radius 3 is 2.64 bits per heavy atom. The molecular weight excluding hydrogens is 642 g/mol. The van der Waals surface area contributed by atoms with Crippen LogP contribution in [0.5, 0.6) is 11.6 Å². The van der Waals surface area contributed by atoms with E-state index in [0.29, 0.717) is 41.7 Å². The van der Waals surface area contributed by atoms with Gasteiger partial charge in [-0.05, 0) is 73.3 Å². The summed E-state index contributed by atoms with van der Waals surface area (Å²) in [6.07, 6.45) is 0.611. The lowest BCUT2D eigenvalue weighted by Crippen LogP contribution is -2.44. The molecule has 3 aromatic carbocycles. The molecule has 0 amide bonds. The van der Waals surface area contributed by atoms with Crippen LogP contribution >= 0.6 is 15.9 Å². The third kappa shape index (κ3) is 4.40. The van der Waals surface area contributed by atoms with Crippen LogP contribution in [0.15, 0.2) is 74.9 Å². The topological polar surface area (TPSA) is 117 Å². The Bertz CT molecular complexity index is 1990. The largest absolute Gasteiger partial charge is 0.514 e. The van der Waals surface area contributed by atoms with Crippen molar-refractivity contribution in [3.05, 3.63) is 98.4 Å². The van der Waals surface area contributed by atoms with Gasteiger partial charge in [-0.25, -0.2) is 4.79 Å². The van der Waals surface area contributed by atoms with Crippen molar-refractivity contribution in [2.45, 2.75) is 57.8 Å². The fourth-order valence-corrected chi connectivity index (χ4v) is 7.43. The maximum absolute atomic E-state index is 14.5. The molecule has 0 bridgehead atoms. The molecular formula is C35H28BrNO8. The fourth-order valence-electron chi connectivity index (χ4n) is 7.07. The Balaban J connectivity index is 1.18. The van der Waals surface area contributed by atoms with E-state index in [2.05, 4.69) is 21.1 Å². The van der Waals surface area contributed by atoms with Gasteiger partial charge in [0.25, 0.3) is 5.88 Å². The summed E-state index contributed by atoms with van der Waals surface area (Å²) in [6, 6.07) is 17.2. The van der Waals surface area contributed by atoms with Crippen molar-refractivity contribution in [2.75, 3.05) is 0 Å². The summed E-state index contributed by atoms with van der Waals surface area (Å²) in [6.45, 7) is 5.46. The van der Waals surface area contributed by atoms with E-state index in [1.54, 1.807) is 20.8 Å². The standard InChI is InChI=1S/C35H28BrNO8/c1-34(2,3)44-33(40)42-29-23-15-22(36)10-9-18(23)11-19-12-20-13-21-14-24-27(32(37-45-24)41-16-17-7-5-4-6-8-17)30(39)35(21)31(43-35)26(20)28(38)25(19)29/h4-11,15,20-21H,12-14,16H2,1-3H3/t20?,21?,35-/m1/s1. The van der Waals surface area contributed by atoms with Crippen LogP contribution in [0.2, 0.25) is 0 Å². The first-order valence-corrected chi connectivity index (χ1v) is 15.7. The van der Waals surface area contributed by atoms with Gasteiger partial charge in [-0.3, -0.25) is 9.59 Å². The highest BCUT2D eigenvalue weighted by Gasteiger charge is 2.72. The zero-order chi connectivity index (χ0) is 31.2. The number of ether oxygens (including phenoxy) is 4. The molecule has 0 radical (unpaired) electrons. The number of ketones is 2. The van der Waals surface area contributed by atoms with Crippen molar-refractivity contribution in [1.82, 2.24) is 5.16 Å². The van der Waals surface area contributed by atoms with Crippen molar-refractivity contribution < 1.29 is 37.9 Å². The first kappa shape index (κ1) is 28.1. The summed E-state index contributed by atoms with van der Waals surface area (Å²) in [7, 11) is 0. The highest BCUT2D eigenvalue weighted by atomic mass is 79.9. The molecule has 10 heteroatoms. The van der Waals surface area contributed by atoms with E-state index in [-0.39, 0.29) is 52.8 Å². The van der Waals surface area contributed by atoms with Crippen LogP contribution in [-0.2, 0) is 28.9 Å². The molecule has 0 N–H and O–H groups in total. The van der Waals surface area contributed by atoms with Crippen LogP contribution in [-0.4, -0.2) is 34.1 Å². The Labute approximate surface area is 266 Å². The van der Waals surface area contributed by atoms with Crippen molar-refractivity contribution >= 4 is 44.4 Å². The Morgan fingerprint density at radius 2 is 1.87 bits per heavy atom. The lowest BCUT2D eigenvalue weighted by Gasteiger charge is -2.35. The lowest BCUT2D eigenvalue weighted by molar-refractivity contribution is 0.0208. The minimum absolute atomic E-state index is 0.124. The minimum Gasteiger partial charge on any atom is -0.470 e. The summed E-state index contributed by atoms with van der Waals surface area (Å²) in [5, 5.41) is 5.51. The van der Waals surface area contributed by atoms with Gasteiger partial charge in [0.1, 0.15) is 17.8 Å². The van der Waals surface area contributed by atoms with E-state index < -0.39 is 17.4 Å². The molecule has 3 atom stereocenters. The molecule has 4 aromatic rings. The molecule has 8 rings (SSSR count). The Morgan fingerprint density at radius 1 is 1.07 bits per heavy atom. The molecule has 3 aliphatic carbocycles. The van der Waals surface area contributed by atoms with Gasteiger partial charge < -0.3 is 23.5 Å². The van der Waals surface area contributed by atoms with Gasteiger partial charge >= 0.3 is 6.16 Å². The van der Waals surface area contributed by atoms with Crippen molar-refractivity contribution in [3.63, 3.8) is 0 Å². The number of nitrogens with zero attached hydrogens (tertiary/aromatic N) is 1. The Hall–Kier alpha value is -4.44. The van der Waals surface area contributed by atoms with E-state index in [1.165, 1.54) is 0 Å². The molecule has 2 unspecified atom stereocenters. The molecule has 1 saturated heterocycles. The van der Waals surface area contributed by atoms with Crippen LogP contribution in [0.4, 0.5) is 4.79 Å². The number of halogens is 1. The molecule has 1 aromatic heterocycles. The summed E-state index contributed by atoms with van der Waals surface area (Å²) in [4.78, 5) is 41.5. The first-order chi connectivity index (χ1) is 21.5. The summed E-state index contributed by atoms with van der Waals surface area (Å²) < 4.78 is 29.8. The zero-order valence-corrected chi connectivity index (χ0v) is 26.4. The predicted octanol–water partition coefficient (Wildman–Crippen LogP) is 7.32. The van der Waals surface area contributed by atoms with Crippen LogP contribution in [0.25, 0.3) is 10.8 Å². The summed E-state index contributed by atoms with van der Waals surface area (Å²) in [5.74, 6) is 0.139. The number of rotatable bonds is 4. The van der Waals surface area contributed by atoms with Gasteiger partial charge in [-0.1, -0.05) is 58.4 Å². The van der Waals surface area contributed by atoms with Crippen LogP contribution in [0.3, 0.4) is 0 Å². The molecule has 0 saturated carbocycles. The second kappa shape index (κ2) is 9.78. The van der Waals surface area contributed by atoms with E-state index in [9.17, 15) is 14.4 Å². The molecule has 1 fully saturated rings. The highest BCUT2D eigenvalue weighted by molar-refractivity contribution is 9.10. The number of epoxide rings is 1. The second-order valence-corrected chi connectivity index (χ2v) is 13.9. The average Bonchev–Trinajstić information content (AvgIpc) is 3.61. The molecule has 1 aliphatic heterocycles. The quantitative estimate of drug-likeness (QED) is 0.125. The first-order valence-electron chi connectivity index (χ1n) is 14.9. The average molecular weight is 671 g/mol. The van der Waals surface area contributed by atoms with Gasteiger partial charge in [0, 0.05) is 27.8 Å². The molecule has 9 nitrogen and oxygen atoms in total. The molecule has 4 aliphatic rings. The van der Waals surface area contributed by atoms with Gasteiger partial charge in [0.05, 0.1) is 5.56 Å². The number of aromatic nitrogens is 1. The minimum atomic E-state index is -1.26. The van der Waals surface area contributed by atoms with Crippen LogP contribution < -0.4 is 9.47 Å². The van der Waals surface area contributed by atoms with E-state index >= 15 is 0 Å². The highest BCUT2D eigenvalue weighted by Crippen LogP contribution is 2.63. The van der Waals surface area contributed by atoms with Crippen molar-refractivity contribution in [3.8, 4) is 11.6 Å². The molecule has 1 spiro atoms. The van der Waals surface area contributed by atoms with Crippen LogP contribution in [0.1, 0.15) is 64.8 Å². The smallest absolute Gasteiger partial charge is 0.470 e. The predicted molar refractivity (Wildman–Crippen MR) is 164 cm³/mol. The SMILES string of the molecule is CC(C)(C)OC(=O)Oc1c2c(cc3ccc(Br)cc13)CC1CC3Cc4onc(OCc5ccccc5)c4C(=O)[C@]34OC4=C1C2=O. The number of fused-ring (bicyclic) bond motifs is 4. The number of hydrogen-bond acceptors (Lipinski definition) is 9. The fraction of sp³-hybridized carbons (Fsp3) is 0.314. The van der Waals surface area contributed by atoms with Crippen LogP contribution in [0, 0.1) is 11.8 Å². The second-order valence-electron chi connectivity index (χ2n) is 13.0. The normalized spacial score (nSPS) is 22.8. The van der Waals surface area contributed by atoms with Crippen molar-refractivity contribution in [2.24, 2.45) is 11.8 Å². The third-order valence-corrected chi connectivity index (χ3v) is 9.45. The maximum Gasteiger partial charge on any atom is 0.514 e. The summed E-state index contributed by atoms with van der Waals surface area (Å²) in [5.41, 5.74) is 0.668. The number of Topliss-reactive ketones (excluding diaryl/α,β-unsaturated/α-hetero) is 2. The maximum atomic E-state index is 14.5. The molecule has 228 valence electrons. The Kier molecular flexibility index (Phi) is 6.10.